The fourth-order valence-electron chi connectivity index (χ4n) is 3.08. The molecule has 1 heterocycles. The molecule has 0 unspecified atom stereocenters. The lowest BCUT2D eigenvalue weighted by Crippen LogP contribution is -2.39. The minimum atomic E-state index is -0.512. The summed E-state index contributed by atoms with van der Waals surface area (Å²) in [4.78, 5) is 11.5. The summed E-state index contributed by atoms with van der Waals surface area (Å²) in [5, 5.41) is 0. The Labute approximate surface area is 96.8 Å². The molecule has 1 aliphatic heterocycles. The zero-order chi connectivity index (χ0) is 12.0. The normalized spacial score (nSPS) is 36.5. The second kappa shape index (κ2) is 3.59. The van der Waals surface area contributed by atoms with Crippen molar-refractivity contribution in [3.8, 4) is 0 Å². The van der Waals surface area contributed by atoms with Gasteiger partial charge in [-0.15, -0.1) is 0 Å². The molecule has 0 aromatic rings. The second-order valence-corrected chi connectivity index (χ2v) is 5.61. The number of methoxy groups -OCH3 is 1. The molecule has 0 N–H and O–H groups in total. The SMILES string of the molecule is COC(=O)[C@H]1C=C2C(C)(C)CCC[C@@]2(C)O1. The van der Waals surface area contributed by atoms with Crippen LogP contribution in [0, 0.1) is 5.41 Å². The van der Waals surface area contributed by atoms with E-state index >= 15 is 0 Å². The second-order valence-electron chi connectivity index (χ2n) is 5.61. The predicted octanol–water partition coefficient (Wildman–Crippen LogP) is 2.45. The molecule has 1 aliphatic carbocycles. The van der Waals surface area contributed by atoms with Crippen molar-refractivity contribution in [1.82, 2.24) is 0 Å². The Kier molecular flexibility index (Phi) is 2.61. The first kappa shape index (κ1) is 11.6. The standard InChI is InChI=1S/C13H20O3/c1-12(2)6-5-7-13(3)10(12)8-9(16-13)11(14)15-4/h8-9H,5-7H2,1-4H3/t9-,13-/m1/s1. The predicted molar refractivity (Wildman–Crippen MR) is 61.0 cm³/mol. The zero-order valence-electron chi connectivity index (χ0n) is 10.5. The van der Waals surface area contributed by atoms with Gasteiger partial charge in [-0.05, 0) is 43.3 Å². The molecule has 0 spiro atoms. The van der Waals surface area contributed by atoms with Crippen molar-refractivity contribution in [2.45, 2.75) is 51.7 Å². The molecule has 16 heavy (non-hydrogen) atoms. The highest BCUT2D eigenvalue weighted by Gasteiger charge is 2.49. The van der Waals surface area contributed by atoms with Crippen LogP contribution in [0.25, 0.3) is 0 Å². The van der Waals surface area contributed by atoms with E-state index in [9.17, 15) is 4.79 Å². The first-order valence-electron chi connectivity index (χ1n) is 5.87. The number of rotatable bonds is 1. The van der Waals surface area contributed by atoms with Crippen molar-refractivity contribution in [3.63, 3.8) is 0 Å². The van der Waals surface area contributed by atoms with Crippen LogP contribution in [0.3, 0.4) is 0 Å². The van der Waals surface area contributed by atoms with Crippen LogP contribution in [0.2, 0.25) is 0 Å². The number of carbonyl (C=O) groups is 1. The highest BCUT2D eigenvalue weighted by Crippen LogP contribution is 2.51. The lowest BCUT2D eigenvalue weighted by molar-refractivity contribution is -0.156. The quantitative estimate of drug-likeness (QED) is 0.507. The molecule has 0 aromatic carbocycles. The van der Waals surface area contributed by atoms with Crippen LogP contribution < -0.4 is 0 Å². The molecule has 3 nitrogen and oxygen atoms in total. The van der Waals surface area contributed by atoms with Gasteiger partial charge in [0.05, 0.1) is 12.7 Å². The Morgan fingerprint density at radius 2 is 2.12 bits per heavy atom. The van der Waals surface area contributed by atoms with E-state index in [1.54, 1.807) is 0 Å². The maximum Gasteiger partial charge on any atom is 0.339 e. The lowest BCUT2D eigenvalue weighted by atomic mass is 9.67. The van der Waals surface area contributed by atoms with Crippen molar-refractivity contribution in [1.29, 1.82) is 0 Å². The van der Waals surface area contributed by atoms with E-state index in [-0.39, 0.29) is 17.0 Å². The van der Waals surface area contributed by atoms with Gasteiger partial charge in [-0.1, -0.05) is 13.8 Å². The summed E-state index contributed by atoms with van der Waals surface area (Å²) in [6, 6.07) is 0. The largest absolute Gasteiger partial charge is 0.467 e. The summed E-state index contributed by atoms with van der Waals surface area (Å²) in [6.45, 7) is 6.53. The number of hydrogen-bond acceptors (Lipinski definition) is 3. The summed E-state index contributed by atoms with van der Waals surface area (Å²) < 4.78 is 10.6. The molecule has 0 amide bonds. The fraction of sp³-hybridized carbons (Fsp3) is 0.769. The molecule has 0 saturated heterocycles. The third-order valence-electron chi connectivity index (χ3n) is 3.89. The Morgan fingerprint density at radius 3 is 2.69 bits per heavy atom. The highest BCUT2D eigenvalue weighted by molar-refractivity contribution is 5.78. The third-order valence-corrected chi connectivity index (χ3v) is 3.89. The van der Waals surface area contributed by atoms with Gasteiger partial charge in [-0.2, -0.15) is 0 Å². The molecule has 2 atom stereocenters. The Bertz CT molecular complexity index is 343. The van der Waals surface area contributed by atoms with E-state index in [2.05, 4.69) is 20.8 Å². The van der Waals surface area contributed by atoms with Crippen molar-refractivity contribution in [3.05, 3.63) is 11.6 Å². The van der Waals surface area contributed by atoms with E-state index in [4.69, 9.17) is 9.47 Å². The lowest BCUT2D eigenvalue weighted by Gasteiger charge is -2.42. The summed E-state index contributed by atoms with van der Waals surface area (Å²) in [5.74, 6) is -0.293. The van der Waals surface area contributed by atoms with Gasteiger partial charge in [-0.25, -0.2) is 4.79 Å². The fourth-order valence-corrected chi connectivity index (χ4v) is 3.08. The molecule has 1 saturated carbocycles. The maximum absolute atomic E-state index is 11.5. The van der Waals surface area contributed by atoms with E-state index in [1.165, 1.54) is 12.7 Å². The first-order chi connectivity index (χ1) is 7.39. The van der Waals surface area contributed by atoms with Crippen LogP contribution in [0.1, 0.15) is 40.0 Å². The van der Waals surface area contributed by atoms with Crippen molar-refractivity contribution < 1.29 is 14.3 Å². The molecule has 3 heteroatoms. The van der Waals surface area contributed by atoms with Gasteiger partial charge in [0.2, 0.25) is 0 Å². The average molecular weight is 224 g/mol. The zero-order valence-corrected chi connectivity index (χ0v) is 10.5. The van der Waals surface area contributed by atoms with Gasteiger partial charge in [0.15, 0.2) is 6.10 Å². The smallest absolute Gasteiger partial charge is 0.339 e. The van der Waals surface area contributed by atoms with Crippen LogP contribution in [0.4, 0.5) is 0 Å². The van der Waals surface area contributed by atoms with Gasteiger partial charge >= 0.3 is 5.97 Å². The highest BCUT2D eigenvalue weighted by atomic mass is 16.6. The van der Waals surface area contributed by atoms with Crippen LogP contribution in [-0.2, 0) is 14.3 Å². The molecule has 2 rings (SSSR count). The number of fused-ring (bicyclic) bond motifs is 1. The number of hydrogen-bond donors (Lipinski definition) is 0. The summed E-state index contributed by atoms with van der Waals surface area (Å²) >= 11 is 0. The first-order valence-corrected chi connectivity index (χ1v) is 5.87. The molecule has 0 radical (unpaired) electrons. The molecular formula is C13H20O3. The van der Waals surface area contributed by atoms with Gasteiger partial charge in [0.25, 0.3) is 0 Å². The molecule has 90 valence electrons. The summed E-state index contributed by atoms with van der Waals surface area (Å²) in [5.41, 5.74) is 1.14. The topological polar surface area (TPSA) is 35.5 Å². The van der Waals surface area contributed by atoms with Crippen LogP contribution in [0.15, 0.2) is 11.6 Å². The number of ether oxygens (including phenoxy) is 2. The third kappa shape index (κ3) is 1.67. The molecule has 0 bridgehead atoms. The number of esters is 1. The molecular weight excluding hydrogens is 204 g/mol. The number of carbonyl (C=O) groups excluding carboxylic acids is 1. The van der Waals surface area contributed by atoms with E-state index in [0.717, 1.165) is 19.3 Å². The minimum Gasteiger partial charge on any atom is -0.467 e. The monoisotopic (exact) mass is 224 g/mol. The Morgan fingerprint density at radius 1 is 1.44 bits per heavy atom. The van der Waals surface area contributed by atoms with Crippen molar-refractivity contribution in [2.75, 3.05) is 7.11 Å². The summed E-state index contributed by atoms with van der Waals surface area (Å²) in [7, 11) is 1.40. The van der Waals surface area contributed by atoms with Gasteiger partial charge in [0, 0.05) is 0 Å². The van der Waals surface area contributed by atoms with Crippen LogP contribution in [-0.4, -0.2) is 24.8 Å². The maximum atomic E-state index is 11.5. The van der Waals surface area contributed by atoms with Gasteiger partial charge in [-0.3, -0.25) is 0 Å². The average Bonchev–Trinajstić information content (AvgIpc) is 2.56. The van der Waals surface area contributed by atoms with Crippen molar-refractivity contribution in [2.24, 2.45) is 5.41 Å². The van der Waals surface area contributed by atoms with Gasteiger partial charge < -0.3 is 9.47 Å². The van der Waals surface area contributed by atoms with E-state index in [0.29, 0.717) is 0 Å². The Balaban J connectivity index is 2.31. The van der Waals surface area contributed by atoms with Crippen molar-refractivity contribution >= 4 is 5.97 Å². The van der Waals surface area contributed by atoms with Gasteiger partial charge in [0.1, 0.15) is 0 Å². The molecule has 2 aliphatic rings. The molecule has 0 aromatic heterocycles. The molecule has 1 fully saturated rings. The van der Waals surface area contributed by atoms with Crippen LogP contribution >= 0.6 is 0 Å². The van der Waals surface area contributed by atoms with E-state index in [1.807, 2.05) is 6.08 Å². The van der Waals surface area contributed by atoms with E-state index < -0.39 is 6.10 Å². The Hall–Kier alpha value is -0.830. The minimum absolute atomic E-state index is 0.135. The van der Waals surface area contributed by atoms with Crippen LogP contribution in [0.5, 0.6) is 0 Å². The summed E-state index contributed by atoms with van der Waals surface area (Å²) in [6.07, 6.45) is 4.75.